The summed E-state index contributed by atoms with van der Waals surface area (Å²) in [6.07, 6.45) is 7.85. The summed E-state index contributed by atoms with van der Waals surface area (Å²) in [6, 6.07) is 7.05. The Bertz CT molecular complexity index is 410. The average molecular weight is 245 g/mol. The lowest BCUT2D eigenvalue weighted by Gasteiger charge is -2.15. The summed E-state index contributed by atoms with van der Waals surface area (Å²) in [4.78, 5) is 0. The molecule has 2 nitrogen and oxygen atoms in total. The van der Waals surface area contributed by atoms with Crippen LogP contribution in [0.4, 0.5) is 0 Å². The van der Waals surface area contributed by atoms with Crippen molar-refractivity contribution in [2.24, 2.45) is 5.92 Å². The van der Waals surface area contributed by atoms with Gasteiger partial charge in [0.1, 0.15) is 5.75 Å². The standard InChI is InChI=1S/C16H23NO/c1-17-15-10-9-14-13(15)7-4-8-16(14)18-11-12-5-2-3-6-12/h4,7-8,12,15,17H,2-3,5-6,9-11H2,1H3. The Morgan fingerprint density at radius 1 is 1.22 bits per heavy atom. The molecular weight excluding hydrogens is 222 g/mol. The second-order valence-corrected chi connectivity index (χ2v) is 5.67. The average Bonchev–Trinajstić information content (AvgIpc) is 3.05. The Labute approximate surface area is 110 Å². The highest BCUT2D eigenvalue weighted by molar-refractivity contribution is 5.45. The third-order valence-corrected chi connectivity index (χ3v) is 4.53. The second kappa shape index (κ2) is 5.31. The summed E-state index contributed by atoms with van der Waals surface area (Å²) in [5, 5.41) is 3.39. The molecule has 0 aliphatic heterocycles. The van der Waals surface area contributed by atoms with Crippen molar-refractivity contribution < 1.29 is 4.74 Å². The van der Waals surface area contributed by atoms with E-state index in [1.807, 2.05) is 7.05 Å². The predicted molar refractivity (Wildman–Crippen MR) is 74.0 cm³/mol. The van der Waals surface area contributed by atoms with Crippen LogP contribution in [-0.4, -0.2) is 13.7 Å². The first-order valence-corrected chi connectivity index (χ1v) is 7.30. The fourth-order valence-electron chi connectivity index (χ4n) is 3.44. The Hall–Kier alpha value is -1.02. The second-order valence-electron chi connectivity index (χ2n) is 5.67. The zero-order valence-electron chi connectivity index (χ0n) is 11.2. The first-order valence-electron chi connectivity index (χ1n) is 7.30. The Morgan fingerprint density at radius 3 is 2.83 bits per heavy atom. The molecule has 3 rings (SSSR count). The van der Waals surface area contributed by atoms with Crippen molar-refractivity contribution in [2.45, 2.75) is 44.6 Å². The zero-order valence-corrected chi connectivity index (χ0v) is 11.2. The van der Waals surface area contributed by atoms with Crippen LogP contribution in [0.15, 0.2) is 18.2 Å². The maximum absolute atomic E-state index is 6.10. The molecule has 1 saturated carbocycles. The van der Waals surface area contributed by atoms with Gasteiger partial charge in [-0.1, -0.05) is 25.0 Å². The molecule has 18 heavy (non-hydrogen) atoms. The smallest absolute Gasteiger partial charge is 0.122 e. The van der Waals surface area contributed by atoms with Gasteiger partial charge in [0.2, 0.25) is 0 Å². The van der Waals surface area contributed by atoms with Crippen LogP contribution < -0.4 is 10.1 Å². The minimum Gasteiger partial charge on any atom is -0.493 e. The Balaban J connectivity index is 1.71. The van der Waals surface area contributed by atoms with Crippen molar-refractivity contribution in [2.75, 3.05) is 13.7 Å². The van der Waals surface area contributed by atoms with Gasteiger partial charge in [-0.25, -0.2) is 0 Å². The molecule has 1 fully saturated rings. The summed E-state index contributed by atoms with van der Waals surface area (Å²) in [6.45, 7) is 0.917. The largest absolute Gasteiger partial charge is 0.493 e. The summed E-state index contributed by atoms with van der Waals surface area (Å²) in [7, 11) is 2.05. The summed E-state index contributed by atoms with van der Waals surface area (Å²) in [5.41, 5.74) is 2.89. The maximum atomic E-state index is 6.10. The van der Waals surface area contributed by atoms with E-state index in [9.17, 15) is 0 Å². The molecule has 98 valence electrons. The number of ether oxygens (including phenoxy) is 1. The van der Waals surface area contributed by atoms with E-state index in [1.54, 1.807) is 0 Å². The fraction of sp³-hybridized carbons (Fsp3) is 0.625. The van der Waals surface area contributed by atoms with E-state index < -0.39 is 0 Å². The van der Waals surface area contributed by atoms with Gasteiger partial charge < -0.3 is 10.1 Å². The highest BCUT2D eigenvalue weighted by Crippen LogP contribution is 2.37. The monoisotopic (exact) mass is 245 g/mol. The molecule has 2 aliphatic rings. The van der Waals surface area contributed by atoms with Crippen LogP contribution in [0.3, 0.4) is 0 Å². The molecule has 1 aromatic rings. The van der Waals surface area contributed by atoms with E-state index >= 15 is 0 Å². The van der Waals surface area contributed by atoms with Gasteiger partial charge >= 0.3 is 0 Å². The SMILES string of the molecule is CNC1CCc2c(OCC3CCCC3)cccc21. The van der Waals surface area contributed by atoms with Crippen LogP contribution >= 0.6 is 0 Å². The van der Waals surface area contributed by atoms with E-state index in [2.05, 4.69) is 23.5 Å². The minimum atomic E-state index is 0.523. The third-order valence-electron chi connectivity index (χ3n) is 4.53. The van der Waals surface area contributed by atoms with Gasteiger partial charge in [-0.2, -0.15) is 0 Å². The van der Waals surface area contributed by atoms with Crippen molar-refractivity contribution >= 4 is 0 Å². The van der Waals surface area contributed by atoms with Gasteiger partial charge in [0, 0.05) is 6.04 Å². The number of rotatable bonds is 4. The first kappa shape index (κ1) is 12.0. The van der Waals surface area contributed by atoms with Crippen LogP contribution in [0.5, 0.6) is 5.75 Å². The van der Waals surface area contributed by atoms with Gasteiger partial charge in [0.15, 0.2) is 0 Å². The van der Waals surface area contributed by atoms with Crippen LogP contribution in [0.25, 0.3) is 0 Å². The van der Waals surface area contributed by atoms with Gasteiger partial charge in [0.25, 0.3) is 0 Å². The molecule has 2 aliphatic carbocycles. The highest BCUT2D eigenvalue weighted by atomic mass is 16.5. The molecule has 1 N–H and O–H groups in total. The fourth-order valence-corrected chi connectivity index (χ4v) is 3.44. The molecule has 0 amide bonds. The number of fused-ring (bicyclic) bond motifs is 1. The van der Waals surface area contributed by atoms with Crippen molar-refractivity contribution in [1.82, 2.24) is 5.32 Å². The number of hydrogen-bond donors (Lipinski definition) is 1. The van der Waals surface area contributed by atoms with Crippen LogP contribution in [0.1, 0.15) is 49.3 Å². The van der Waals surface area contributed by atoms with Crippen LogP contribution in [-0.2, 0) is 6.42 Å². The van der Waals surface area contributed by atoms with Crippen LogP contribution in [0, 0.1) is 5.92 Å². The minimum absolute atomic E-state index is 0.523. The van der Waals surface area contributed by atoms with E-state index in [4.69, 9.17) is 4.74 Å². The Kier molecular flexibility index (Phi) is 3.55. The first-order chi connectivity index (χ1) is 8.88. The van der Waals surface area contributed by atoms with E-state index in [1.165, 1.54) is 43.2 Å². The predicted octanol–water partition coefficient (Wildman–Crippen LogP) is 3.46. The highest BCUT2D eigenvalue weighted by Gasteiger charge is 2.24. The molecule has 0 radical (unpaired) electrons. The molecule has 0 bridgehead atoms. The quantitative estimate of drug-likeness (QED) is 0.877. The Morgan fingerprint density at radius 2 is 2.06 bits per heavy atom. The van der Waals surface area contributed by atoms with Crippen LogP contribution in [0.2, 0.25) is 0 Å². The van der Waals surface area contributed by atoms with Crippen molar-refractivity contribution in [3.8, 4) is 5.75 Å². The molecule has 2 heteroatoms. The van der Waals surface area contributed by atoms with Crippen molar-refractivity contribution in [1.29, 1.82) is 0 Å². The molecule has 0 spiro atoms. The number of benzene rings is 1. The van der Waals surface area contributed by atoms with Gasteiger partial charge in [-0.05, 0) is 55.8 Å². The van der Waals surface area contributed by atoms with E-state index in [0.29, 0.717) is 6.04 Å². The van der Waals surface area contributed by atoms with Gasteiger partial charge in [0.05, 0.1) is 6.61 Å². The van der Waals surface area contributed by atoms with Gasteiger partial charge in [-0.15, -0.1) is 0 Å². The van der Waals surface area contributed by atoms with E-state index in [0.717, 1.165) is 24.7 Å². The van der Waals surface area contributed by atoms with Crippen molar-refractivity contribution in [3.63, 3.8) is 0 Å². The summed E-state index contributed by atoms with van der Waals surface area (Å²) in [5.74, 6) is 1.93. The summed E-state index contributed by atoms with van der Waals surface area (Å²) < 4.78 is 6.10. The lowest BCUT2D eigenvalue weighted by molar-refractivity contribution is 0.250. The lowest BCUT2D eigenvalue weighted by atomic mass is 10.1. The lowest BCUT2D eigenvalue weighted by Crippen LogP contribution is -2.13. The normalized spacial score (nSPS) is 23.3. The number of hydrogen-bond acceptors (Lipinski definition) is 2. The molecule has 1 unspecified atom stereocenters. The molecule has 0 saturated heterocycles. The third kappa shape index (κ3) is 2.26. The van der Waals surface area contributed by atoms with Crippen molar-refractivity contribution in [3.05, 3.63) is 29.3 Å². The van der Waals surface area contributed by atoms with Gasteiger partial charge in [-0.3, -0.25) is 0 Å². The molecule has 1 aromatic carbocycles. The molecule has 0 heterocycles. The zero-order chi connectivity index (χ0) is 12.4. The molecular formula is C16H23NO. The molecule has 1 atom stereocenters. The maximum Gasteiger partial charge on any atom is 0.122 e. The summed E-state index contributed by atoms with van der Waals surface area (Å²) >= 11 is 0. The number of nitrogens with one attached hydrogen (secondary N) is 1. The topological polar surface area (TPSA) is 21.3 Å². The van der Waals surface area contributed by atoms with E-state index in [-0.39, 0.29) is 0 Å². The molecule has 0 aromatic heterocycles.